The van der Waals surface area contributed by atoms with Gasteiger partial charge in [0.25, 0.3) is 0 Å². The van der Waals surface area contributed by atoms with E-state index in [-0.39, 0.29) is 11.9 Å². The molecule has 0 bridgehead atoms. The first-order valence-electron chi connectivity index (χ1n) is 6.18. The van der Waals surface area contributed by atoms with Gasteiger partial charge in [0.1, 0.15) is 0 Å². The van der Waals surface area contributed by atoms with E-state index in [1.54, 1.807) is 6.92 Å². The number of aliphatic hydroxyl groups is 1. The zero-order valence-corrected chi connectivity index (χ0v) is 11.5. The van der Waals surface area contributed by atoms with E-state index in [4.69, 9.17) is 0 Å². The van der Waals surface area contributed by atoms with Gasteiger partial charge in [0.2, 0.25) is 5.91 Å². The minimum atomic E-state index is -0.464. The molecule has 0 saturated carbocycles. The minimum Gasteiger partial charge on any atom is -0.389 e. The normalized spacial score (nSPS) is 12.3. The molecular weight excluding hydrogens is 228 g/mol. The van der Waals surface area contributed by atoms with Crippen LogP contribution in [0.15, 0.2) is 24.3 Å². The molecule has 0 radical (unpaired) electrons. The van der Waals surface area contributed by atoms with Gasteiger partial charge in [-0.1, -0.05) is 12.1 Å². The van der Waals surface area contributed by atoms with Gasteiger partial charge in [0.15, 0.2) is 0 Å². The highest BCUT2D eigenvalue weighted by Crippen LogP contribution is 2.17. The number of carbonyl (C=O) groups is 1. The molecule has 0 fully saturated rings. The Morgan fingerprint density at radius 3 is 2.28 bits per heavy atom. The maximum absolute atomic E-state index is 11.6. The molecule has 0 heterocycles. The third-order valence-corrected chi connectivity index (χ3v) is 2.65. The topological polar surface area (TPSA) is 52.6 Å². The Morgan fingerprint density at radius 1 is 1.28 bits per heavy atom. The average Bonchev–Trinajstić information content (AvgIpc) is 2.27. The van der Waals surface area contributed by atoms with Gasteiger partial charge in [0, 0.05) is 18.8 Å². The van der Waals surface area contributed by atoms with Crippen LogP contribution in [-0.2, 0) is 4.79 Å². The molecule has 2 N–H and O–H groups in total. The lowest BCUT2D eigenvalue weighted by Crippen LogP contribution is -2.38. The second-order valence-corrected chi connectivity index (χ2v) is 4.85. The first kappa shape index (κ1) is 14.5. The Labute approximate surface area is 109 Å². The van der Waals surface area contributed by atoms with Gasteiger partial charge in [-0.3, -0.25) is 4.79 Å². The van der Waals surface area contributed by atoms with Gasteiger partial charge in [-0.25, -0.2) is 0 Å². The summed E-state index contributed by atoms with van der Waals surface area (Å²) in [4.78, 5) is 13.5. The van der Waals surface area contributed by atoms with E-state index in [0.717, 1.165) is 11.3 Å². The molecule has 1 atom stereocenters. The van der Waals surface area contributed by atoms with Crippen molar-refractivity contribution in [2.24, 2.45) is 0 Å². The van der Waals surface area contributed by atoms with Crippen molar-refractivity contribution in [1.29, 1.82) is 0 Å². The van der Waals surface area contributed by atoms with Crippen LogP contribution in [0.3, 0.4) is 0 Å². The Kier molecular flexibility index (Phi) is 5.16. The first-order valence-corrected chi connectivity index (χ1v) is 6.18. The number of rotatable bonds is 5. The first-order chi connectivity index (χ1) is 8.40. The molecule has 4 nitrogen and oxygen atoms in total. The summed E-state index contributed by atoms with van der Waals surface area (Å²) in [6.07, 6.45) is -0.464. The number of benzene rings is 1. The van der Waals surface area contributed by atoms with Crippen molar-refractivity contribution in [1.82, 2.24) is 5.32 Å². The maximum Gasteiger partial charge on any atom is 0.239 e. The highest BCUT2D eigenvalue weighted by Gasteiger charge is 2.09. The summed E-state index contributed by atoms with van der Waals surface area (Å²) in [5.74, 6) is 0.00658. The quantitative estimate of drug-likeness (QED) is 0.836. The molecule has 4 heteroatoms. The molecule has 0 spiro atoms. The van der Waals surface area contributed by atoms with Crippen molar-refractivity contribution in [3.8, 4) is 0 Å². The zero-order valence-electron chi connectivity index (χ0n) is 11.5. The van der Waals surface area contributed by atoms with Gasteiger partial charge in [0.05, 0.1) is 12.6 Å². The molecule has 0 aromatic heterocycles. The number of likely N-dealkylation sites (N-methyl/N-ethyl adjacent to an activating group) is 1. The van der Waals surface area contributed by atoms with E-state index in [1.165, 1.54) is 0 Å². The van der Waals surface area contributed by atoms with Crippen molar-refractivity contribution in [2.45, 2.75) is 32.9 Å². The van der Waals surface area contributed by atoms with E-state index in [0.29, 0.717) is 6.54 Å². The minimum absolute atomic E-state index is 0.00658. The molecule has 18 heavy (non-hydrogen) atoms. The van der Waals surface area contributed by atoms with Crippen LogP contribution in [-0.4, -0.2) is 30.6 Å². The fraction of sp³-hybridized carbons (Fsp3) is 0.500. The molecule has 0 aliphatic rings. The van der Waals surface area contributed by atoms with Crippen LogP contribution in [0.4, 0.5) is 5.69 Å². The van der Waals surface area contributed by atoms with Crippen molar-refractivity contribution in [3.05, 3.63) is 29.8 Å². The van der Waals surface area contributed by atoms with Gasteiger partial charge < -0.3 is 15.3 Å². The average molecular weight is 250 g/mol. The monoisotopic (exact) mass is 250 g/mol. The number of hydrogen-bond donors (Lipinski definition) is 2. The third kappa shape index (κ3) is 4.37. The second kappa shape index (κ2) is 6.40. The third-order valence-electron chi connectivity index (χ3n) is 2.65. The summed E-state index contributed by atoms with van der Waals surface area (Å²) < 4.78 is 0. The number of nitrogens with zero attached hydrogens (tertiary/aromatic N) is 1. The fourth-order valence-electron chi connectivity index (χ4n) is 1.68. The van der Waals surface area contributed by atoms with Crippen molar-refractivity contribution in [2.75, 3.05) is 18.5 Å². The lowest BCUT2D eigenvalue weighted by molar-refractivity contribution is -0.120. The van der Waals surface area contributed by atoms with Gasteiger partial charge in [-0.2, -0.15) is 0 Å². The molecular formula is C14H22N2O2. The second-order valence-electron chi connectivity index (χ2n) is 4.85. The number of anilines is 1. The Morgan fingerprint density at radius 2 is 1.83 bits per heavy atom. The standard InChI is InChI=1S/C14H22N2O2/c1-10(2)15-14(18)9-16(4)13-7-5-12(6-8-13)11(3)17/h5-8,10-11,17H,9H2,1-4H3,(H,15,18)/t11-/m1/s1. The number of amides is 1. The van der Waals surface area contributed by atoms with Crippen molar-refractivity contribution >= 4 is 11.6 Å². The lowest BCUT2D eigenvalue weighted by Gasteiger charge is -2.20. The van der Waals surface area contributed by atoms with Crippen LogP contribution < -0.4 is 10.2 Å². The van der Waals surface area contributed by atoms with Crippen molar-refractivity contribution < 1.29 is 9.90 Å². The fourth-order valence-corrected chi connectivity index (χ4v) is 1.68. The molecule has 1 aromatic carbocycles. The van der Waals surface area contributed by atoms with E-state index in [9.17, 15) is 9.90 Å². The number of hydrogen-bond acceptors (Lipinski definition) is 3. The van der Waals surface area contributed by atoms with E-state index >= 15 is 0 Å². The molecule has 0 aliphatic carbocycles. The molecule has 0 aliphatic heterocycles. The van der Waals surface area contributed by atoms with Gasteiger partial charge >= 0.3 is 0 Å². The molecule has 0 saturated heterocycles. The molecule has 1 rings (SSSR count). The largest absolute Gasteiger partial charge is 0.389 e. The summed E-state index contributed by atoms with van der Waals surface area (Å²) >= 11 is 0. The zero-order chi connectivity index (χ0) is 13.7. The number of aliphatic hydroxyl groups excluding tert-OH is 1. The van der Waals surface area contributed by atoms with Crippen LogP contribution in [0.1, 0.15) is 32.4 Å². The summed E-state index contributed by atoms with van der Waals surface area (Å²) in [6.45, 7) is 5.94. The number of carbonyl (C=O) groups excluding carboxylic acids is 1. The highest BCUT2D eigenvalue weighted by atomic mass is 16.3. The van der Waals surface area contributed by atoms with Crippen LogP contribution in [0.2, 0.25) is 0 Å². The number of nitrogens with one attached hydrogen (secondary N) is 1. The van der Waals surface area contributed by atoms with E-state index in [2.05, 4.69) is 5.32 Å². The summed E-state index contributed by atoms with van der Waals surface area (Å²) in [7, 11) is 1.87. The summed E-state index contributed by atoms with van der Waals surface area (Å²) in [5.41, 5.74) is 1.83. The van der Waals surface area contributed by atoms with Crippen LogP contribution in [0, 0.1) is 0 Å². The predicted molar refractivity (Wildman–Crippen MR) is 73.6 cm³/mol. The molecule has 0 unspecified atom stereocenters. The maximum atomic E-state index is 11.6. The lowest BCUT2D eigenvalue weighted by atomic mass is 10.1. The smallest absolute Gasteiger partial charge is 0.239 e. The SMILES string of the molecule is CC(C)NC(=O)CN(C)c1ccc([C@@H](C)O)cc1. The van der Waals surface area contributed by atoms with Crippen molar-refractivity contribution in [3.63, 3.8) is 0 Å². The molecule has 100 valence electrons. The summed E-state index contributed by atoms with van der Waals surface area (Å²) in [6, 6.07) is 7.71. The van der Waals surface area contributed by atoms with Gasteiger partial charge in [-0.05, 0) is 38.5 Å². The molecule has 1 aromatic rings. The van der Waals surface area contributed by atoms with E-state index in [1.807, 2.05) is 50.1 Å². The van der Waals surface area contributed by atoms with Crippen LogP contribution in [0.25, 0.3) is 0 Å². The van der Waals surface area contributed by atoms with E-state index < -0.39 is 6.10 Å². The Hall–Kier alpha value is -1.55. The predicted octanol–water partition coefficient (Wildman–Crippen LogP) is 1.70. The Balaban J connectivity index is 2.61. The van der Waals surface area contributed by atoms with Crippen LogP contribution in [0.5, 0.6) is 0 Å². The van der Waals surface area contributed by atoms with Gasteiger partial charge in [-0.15, -0.1) is 0 Å². The summed E-state index contributed by atoms with van der Waals surface area (Å²) in [5, 5.41) is 12.3. The Bertz CT molecular complexity index is 385. The molecule has 1 amide bonds. The highest BCUT2D eigenvalue weighted by molar-refractivity contribution is 5.81. The van der Waals surface area contributed by atoms with Crippen LogP contribution >= 0.6 is 0 Å².